The molecule has 1 saturated heterocycles. The van der Waals surface area contributed by atoms with Crippen LogP contribution in [0.25, 0.3) is 0 Å². The molecule has 0 bridgehead atoms. The van der Waals surface area contributed by atoms with Crippen molar-refractivity contribution in [3.8, 4) is 5.75 Å². The van der Waals surface area contributed by atoms with Crippen LogP contribution in [0.3, 0.4) is 0 Å². The van der Waals surface area contributed by atoms with Crippen molar-refractivity contribution in [2.24, 2.45) is 0 Å². The minimum atomic E-state index is -2.86. The van der Waals surface area contributed by atoms with Gasteiger partial charge in [0.05, 0.1) is 11.3 Å². The third-order valence-electron chi connectivity index (χ3n) is 4.49. The highest BCUT2D eigenvalue weighted by atomic mass is 35.5. The van der Waals surface area contributed by atoms with Crippen molar-refractivity contribution in [2.45, 2.75) is 38.5 Å². The number of piperidine rings is 1. The van der Waals surface area contributed by atoms with Gasteiger partial charge >= 0.3 is 6.61 Å². The predicted molar refractivity (Wildman–Crippen MR) is 108 cm³/mol. The molecule has 1 aliphatic rings. The molecule has 3 N–H and O–H groups in total. The molecule has 2 aromatic rings. The Bertz CT molecular complexity index is 774. The van der Waals surface area contributed by atoms with Crippen LogP contribution < -0.4 is 20.7 Å². The number of alkyl halides is 2. The second kappa shape index (κ2) is 10.2. The van der Waals surface area contributed by atoms with Crippen LogP contribution in [-0.4, -0.2) is 31.1 Å². The third kappa shape index (κ3) is 6.07. The summed E-state index contributed by atoms with van der Waals surface area (Å²) in [5.41, 5.74) is 1.86. The maximum atomic E-state index is 12.7. The molecule has 1 amide bonds. The summed E-state index contributed by atoms with van der Waals surface area (Å²) in [7, 11) is 0. The van der Waals surface area contributed by atoms with E-state index in [2.05, 4.69) is 27.6 Å². The van der Waals surface area contributed by atoms with Gasteiger partial charge in [-0.1, -0.05) is 12.1 Å². The molecule has 2 unspecified atom stereocenters. The molecule has 0 aromatic heterocycles. The molecule has 28 heavy (non-hydrogen) atoms. The maximum absolute atomic E-state index is 12.7. The second-order valence-electron chi connectivity index (χ2n) is 6.62. The van der Waals surface area contributed by atoms with Crippen LogP contribution in [0.4, 0.5) is 20.2 Å². The number of halogens is 3. The number of hydrogen-bond acceptors (Lipinski definition) is 4. The van der Waals surface area contributed by atoms with E-state index in [-0.39, 0.29) is 30.1 Å². The van der Waals surface area contributed by atoms with Crippen molar-refractivity contribution in [1.82, 2.24) is 10.6 Å². The Morgan fingerprint density at radius 3 is 2.57 bits per heavy atom. The number of carbonyl (C=O) groups excluding carboxylic acids is 1. The SMILES string of the molecule is CC1CC(NC(=O)c2ccccc2Nc2ccc(OC(F)F)cc2)CCN1.Cl. The summed E-state index contributed by atoms with van der Waals surface area (Å²) >= 11 is 0. The normalized spacial score (nSPS) is 18.9. The van der Waals surface area contributed by atoms with Gasteiger partial charge in [-0.3, -0.25) is 4.79 Å². The Balaban J connectivity index is 0.00000280. The van der Waals surface area contributed by atoms with Crippen LogP contribution in [0.5, 0.6) is 5.75 Å². The summed E-state index contributed by atoms with van der Waals surface area (Å²) in [4.78, 5) is 12.7. The number of anilines is 2. The predicted octanol–water partition coefficient (Wildman–Crippen LogP) is 4.32. The molecule has 2 atom stereocenters. The highest BCUT2D eigenvalue weighted by molar-refractivity contribution is 6.00. The molecule has 5 nitrogen and oxygen atoms in total. The number of rotatable bonds is 6. The molecule has 8 heteroatoms. The van der Waals surface area contributed by atoms with E-state index in [1.54, 1.807) is 18.2 Å². The number of benzene rings is 2. The first-order valence-corrected chi connectivity index (χ1v) is 8.96. The molecule has 0 saturated carbocycles. The van der Waals surface area contributed by atoms with E-state index < -0.39 is 6.61 Å². The van der Waals surface area contributed by atoms with Crippen molar-refractivity contribution in [2.75, 3.05) is 11.9 Å². The molecule has 0 aliphatic carbocycles. The first kappa shape index (κ1) is 21.9. The maximum Gasteiger partial charge on any atom is 0.387 e. The number of hydrogen-bond donors (Lipinski definition) is 3. The second-order valence-corrected chi connectivity index (χ2v) is 6.62. The van der Waals surface area contributed by atoms with E-state index in [9.17, 15) is 13.6 Å². The lowest BCUT2D eigenvalue weighted by Crippen LogP contribution is -2.46. The summed E-state index contributed by atoms with van der Waals surface area (Å²) in [6.07, 6.45) is 1.80. The minimum absolute atomic E-state index is 0. The van der Waals surface area contributed by atoms with Gasteiger partial charge in [0, 0.05) is 17.8 Å². The van der Waals surface area contributed by atoms with Gasteiger partial charge < -0.3 is 20.7 Å². The van der Waals surface area contributed by atoms with E-state index in [0.29, 0.717) is 23.0 Å². The number of carbonyl (C=O) groups is 1. The van der Waals surface area contributed by atoms with E-state index in [0.717, 1.165) is 19.4 Å². The lowest BCUT2D eigenvalue weighted by molar-refractivity contribution is -0.0498. The fourth-order valence-corrected chi connectivity index (χ4v) is 3.19. The van der Waals surface area contributed by atoms with Crippen molar-refractivity contribution >= 4 is 29.7 Å². The van der Waals surface area contributed by atoms with Crippen LogP contribution in [0, 0.1) is 0 Å². The zero-order chi connectivity index (χ0) is 19.2. The van der Waals surface area contributed by atoms with Crippen molar-refractivity contribution in [3.63, 3.8) is 0 Å². The fraction of sp³-hybridized carbons (Fsp3) is 0.350. The lowest BCUT2D eigenvalue weighted by atomic mass is 10.00. The summed E-state index contributed by atoms with van der Waals surface area (Å²) in [5.74, 6) is -0.0449. The monoisotopic (exact) mass is 411 g/mol. The van der Waals surface area contributed by atoms with Gasteiger partial charge in [0.2, 0.25) is 0 Å². The average molecular weight is 412 g/mol. The molecular weight excluding hydrogens is 388 g/mol. The molecule has 1 aliphatic heterocycles. The van der Waals surface area contributed by atoms with Gasteiger partial charge in [0.15, 0.2) is 0 Å². The van der Waals surface area contributed by atoms with Crippen LogP contribution in [-0.2, 0) is 0 Å². The number of amides is 1. The third-order valence-corrected chi connectivity index (χ3v) is 4.49. The molecule has 1 fully saturated rings. The fourth-order valence-electron chi connectivity index (χ4n) is 3.19. The van der Waals surface area contributed by atoms with Gasteiger partial charge in [-0.05, 0) is 62.7 Å². The van der Waals surface area contributed by atoms with E-state index >= 15 is 0 Å². The standard InChI is InChI=1S/C20H23F2N3O2.ClH/c1-13-12-15(10-11-23-13)25-19(26)17-4-2-3-5-18(17)24-14-6-8-16(9-7-14)27-20(21)22;/h2-9,13,15,20,23-24H,10-12H2,1H3,(H,25,26);1H. The zero-order valence-electron chi connectivity index (χ0n) is 15.5. The highest BCUT2D eigenvalue weighted by Gasteiger charge is 2.21. The Kier molecular flexibility index (Phi) is 8.02. The topological polar surface area (TPSA) is 62.4 Å². The summed E-state index contributed by atoms with van der Waals surface area (Å²) in [6, 6.07) is 13.9. The quantitative estimate of drug-likeness (QED) is 0.662. The smallest absolute Gasteiger partial charge is 0.387 e. The van der Waals surface area contributed by atoms with E-state index in [4.69, 9.17) is 0 Å². The number of para-hydroxylation sites is 1. The molecule has 1 heterocycles. The molecule has 3 rings (SSSR count). The van der Waals surface area contributed by atoms with E-state index in [1.165, 1.54) is 12.1 Å². The van der Waals surface area contributed by atoms with Crippen molar-refractivity contribution in [1.29, 1.82) is 0 Å². The summed E-state index contributed by atoms with van der Waals surface area (Å²) < 4.78 is 28.8. The van der Waals surface area contributed by atoms with Gasteiger partial charge in [0.1, 0.15) is 5.75 Å². The largest absolute Gasteiger partial charge is 0.435 e. The van der Waals surface area contributed by atoms with Gasteiger partial charge in [0.25, 0.3) is 5.91 Å². The van der Waals surface area contributed by atoms with Gasteiger partial charge in [-0.25, -0.2) is 0 Å². The first-order valence-electron chi connectivity index (χ1n) is 8.96. The van der Waals surface area contributed by atoms with Gasteiger partial charge in [-0.2, -0.15) is 8.78 Å². The molecule has 0 spiro atoms. The minimum Gasteiger partial charge on any atom is -0.435 e. The molecular formula is C20H24ClF2N3O2. The number of nitrogens with one attached hydrogen (secondary N) is 3. The van der Waals surface area contributed by atoms with Crippen LogP contribution in [0.2, 0.25) is 0 Å². The van der Waals surface area contributed by atoms with Crippen LogP contribution in [0.15, 0.2) is 48.5 Å². The van der Waals surface area contributed by atoms with Crippen molar-refractivity contribution < 1.29 is 18.3 Å². The molecule has 152 valence electrons. The van der Waals surface area contributed by atoms with E-state index in [1.807, 2.05) is 18.2 Å². The summed E-state index contributed by atoms with van der Waals surface area (Å²) in [5, 5.41) is 9.63. The Labute approximate surface area is 169 Å². The lowest BCUT2D eigenvalue weighted by Gasteiger charge is -2.29. The van der Waals surface area contributed by atoms with Crippen molar-refractivity contribution in [3.05, 3.63) is 54.1 Å². The summed E-state index contributed by atoms with van der Waals surface area (Å²) in [6.45, 7) is 0.139. The molecule has 2 aromatic carbocycles. The number of ether oxygens (including phenoxy) is 1. The highest BCUT2D eigenvalue weighted by Crippen LogP contribution is 2.24. The van der Waals surface area contributed by atoms with Crippen LogP contribution >= 0.6 is 12.4 Å². The zero-order valence-corrected chi connectivity index (χ0v) is 16.3. The Morgan fingerprint density at radius 2 is 1.89 bits per heavy atom. The Morgan fingerprint density at radius 1 is 1.18 bits per heavy atom. The Hall–Kier alpha value is -2.38. The molecule has 0 radical (unpaired) electrons. The van der Waals surface area contributed by atoms with Gasteiger partial charge in [-0.15, -0.1) is 12.4 Å². The van der Waals surface area contributed by atoms with Crippen LogP contribution in [0.1, 0.15) is 30.1 Å². The first-order chi connectivity index (χ1) is 13.0. The average Bonchev–Trinajstić information content (AvgIpc) is 2.63.